The van der Waals surface area contributed by atoms with Gasteiger partial charge in [-0.2, -0.15) is 5.26 Å². The van der Waals surface area contributed by atoms with E-state index in [4.69, 9.17) is 4.98 Å². The minimum absolute atomic E-state index is 0.0643. The van der Waals surface area contributed by atoms with Crippen LogP contribution in [0.15, 0.2) is 30.3 Å². The van der Waals surface area contributed by atoms with Crippen molar-refractivity contribution in [2.45, 2.75) is 44.7 Å². The topological polar surface area (TPSA) is 69.0 Å². The minimum Gasteiger partial charge on any atom is -0.344 e. The molecule has 0 saturated carbocycles. The third-order valence-corrected chi connectivity index (χ3v) is 5.88. The molecule has 4 rings (SSSR count). The Hall–Kier alpha value is -2.71. The first-order chi connectivity index (χ1) is 12.9. The molecule has 5 nitrogen and oxygen atoms in total. The first-order valence-corrected chi connectivity index (χ1v) is 9.45. The number of likely N-dealkylation sites (tertiary alicyclic amines) is 1. The predicted molar refractivity (Wildman–Crippen MR) is 104 cm³/mol. The third kappa shape index (κ3) is 3.00. The molecular weight excluding hydrogens is 336 g/mol. The van der Waals surface area contributed by atoms with Crippen LogP contribution in [-0.4, -0.2) is 34.9 Å². The Labute approximate surface area is 160 Å². The first-order valence-electron chi connectivity index (χ1n) is 9.45. The molecule has 2 aliphatic rings. The van der Waals surface area contributed by atoms with Crippen LogP contribution in [-0.2, 0) is 4.79 Å². The molecule has 0 radical (unpaired) electrons. The monoisotopic (exact) mass is 360 g/mol. The number of aromatic nitrogens is 1. The highest BCUT2D eigenvalue weighted by molar-refractivity contribution is 5.88. The molecule has 0 aliphatic carbocycles. The number of nitrogens with zero attached hydrogens (tertiary/aromatic N) is 3. The lowest BCUT2D eigenvalue weighted by Gasteiger charge is -2.23. The van der Waals surface area contributed by atoms with Crippen LogP contribution in [0.5, 0.6) is 0 Å². The molecule has 2 aliphatic heterocycles. The van der Waals surface area contributed by atoms with Crippen LogP contribution in [0.4, 0.5) is 0 Å². The molecular formula is C22H24N4O. The van der Waals surface area contributed by atoms with Crippen LogP contribution >= 0.6 is 0 Å². The first kappa shape index (κ1) is 17.7. The van der Waals surface area contributed by atoms with Gasteiger partial charge in [0, 0.05) is 19.3 Å². The summed E-state index contributed by atoms with van der Waals surface area (Å²) in [6, 6.07) is 12.3. The SMILES string of the molecule is Cc1ccc(C#N)c(-c2cc(C)nc(C3CCC4(CCN(C)C4=O)N3)c2)c1. The minimum atomic E-state index is -0.424. The van der Waals surface area contributed by atoms with Crippen molar-refractivity contribution < 1.29 is 4.79 Å². The fraction of sp³-hybridized carbons (Fsp3) is 0.409. The van der Waals surface area contributed by atoms with E-state index in [0.29, 0.717) is 5.56 Å². The number of aryl methyl sites for hydroxylation is 2. The Kier molecular flexibility index (Phi) is 4.24. The third-order valence-electron chi connectivity index (χ3n) is 5.88. The van der Waals surface area contributed by atoms with Gasteiger partial charge in [0.2, 0.25) is 5.91 Å². The van der Waals surface area contributed by atoms with E-state index in [1.54, 1.807) is 0 Å². The smallest absolute Gasteiger partial charge is 0.242 e. The highest BCUT2D eigenvalue weighted by Crippen LogP contribution is 2.39. The van der Waals surface area contributed by atoms with E-state index in [0.717, 1.165) is 53.9 Å². The van der Waals surface area contributed by atoms with Gasteiger partial charge in [0.1, 0.15) is 5.54 Å². The molecule has 0 bridgehead atoms. The number of benzene rings is 1. The molecule has 2 fully saturated rings. The zero-order valence-electron chi connectivity index (χ0n) is 16.0. The molecule has 1 N–H and O–H groups in total. The summed E-state index contributed by atoms with van der Waals surface area (Å²) in [5, 5.41) is 13.1. The molecule has 5 heteroatoms. The Bertz CT molecular complexity index is 961. The van der Waals surface area contributed by atoms with Gasteiger partial charge in [0.25, 0.3) is 0 Å². The number of amides is 1. The molecule has 2 atom stereocenters. The van der Waals surface area contributed by atoms with Gasteiger partial charge in [0.05, 0.1) is 23.4 Å². The van der Waals surface area contributed by atoms with Crippen LogP contribution in [0.3, 0.4) is 0 Å². The van der Waals surface area contributed by atoms with Crippen LogP contribution < -0.4 is 5.32 Å². The van der Waals surface area contributed by atoms with E-state index in [9.17, 15) is 10.1 Å². The number of rotatable bonds is 2. The van der Waals surface area contributed by atoms with E-state index in [2.05, 4.69) is 23.5 Å². The van der Waals surface area contributed by atoms with Crippen LogP contribution in [0.25, 0.3) is 11.1 Å². The standard InChI is InChI=1S/C22H24N4O/c1-14-4-5-16(13-23)18(10-14)17-11-15(2)24-20(12-17)19-6-7-22(25-19)8-9-26(3)21(22)27/h4-5,10-12,19,25H,6-9H2,1-3H3. The van der Waals surface area contributed by atoms with Crippen LogP contribution in [0.1, 0.15) is 47.8 Å². The molecule has 27 heavy (non-hydrogen) atoms. The second kappa shape index (κ2) is 6.47. The van der Waals surface area contributed by atoms with E-state index in [1.807, 2.05) is 44.0 Å². The van der Waals surface area contributed by atoms with Gasteiger partial charge < -0.3 is 4.90 Å². The molecule has 3 heterocycles. The summed E-state index contributed by atoms with van der Waals surface area (Å²) in [4.78, 5) is 19.2. The molecule has 1 aromatic carbocycles. The molecule has 2 unspecified atom stereocenters. The maximum absolute atomic E-state index is 12.6. The fourth-order valence-electron chi connectivity index (χ4n) is 4.41. The zero-order chi connectivity index (χ0) is 19.2. The van der Waals surface area contributed by atoms with E-state index in [1.165, 1.54) is 0 Å². The Morgan fingerprint density at radius 1 is 1.26 bits per heavy atom. The van der Waals surface area contributed by atoms with Gasteiger partial charge in [-0.05, 0) is 62.4 Å². The van der Waals surface area contributed by atoms with Crippen molar-refractivity contribution in [1.82, 2.24) is 15.2 Å². The van der Waals surface area contributed by atoms with Crippen molar-refractivity contribution in [3.05, 3.63) is 52.8 Å². The number of nitriles is 1. The average Bonchev–Trinajstić information content (AvgIpc) is 3.21. The quantitative estimate of drug-likeness (QED) is 0.892. The van der Waals surface area contributed by atoms with Crippen LogP contribution in [0, 0.1) is 25.2 Å². The van der Waals surface area contributed by atoms with Gasteiger partial charge in [-0.1, -0.05) is 17.7 Å². The normalized spacial score (nSPS) is 24.6. The molecule has 2 saturated heterocycles. The second-order valence-corrected chi connectivity index (χ2v) is 7.88. The van der Waals surface area contributed by atoms with E-state index in [-0.39, 0.29) is 11.9 Å². The number of pyridine rings is 1. The zero-order valence-corrected chi connectivity index (χ0v) is 16.0. The van der Waals surface area contributed by atoms with E-state index < -0.39 is 5.54 Å². The van der Waals surface area contributed by atoms with Gasteiger partial charge in [-0.15, -0.1) is 0 Å². The summed E-state index contributed by atoms with van der Waals surface area (Å²) >= 11 is 0. The van der Waals surface area contributed by atoms with Crippen molar-refractivity contribution in [2.24, 2.45) is 0 Å². The maximum atomic E-state index is 12.6. The number of nitrogens with one attached hydrogen (secondary N) is 1. The molecule has 138 valence electrons. The van der Waals surface area contributed by atoms with E-state index >= 15 is 0 Å². The van der Waals surface area contributed by atoms with Gasteiger partial charge in [-0.3, -0.25) is 15.1 Å². The predicted octanol–water partition coefficient (Wildman–Crippen LogP) is 3.26. The molecule has 1 spiro atoms. The average molecular weight is 360 g/mol. The van der Waals surface area contributed by atoms with Crippen molar-refractivity contribution in [3.8, 4) is 17.2 Å². The molecule has 1 amide bonds. The number of carbonyl (C=O) groups excluding carboxylic acids is 1. The number of carbonyl (C=O) groups is 1. The summed E-state index contributed by atoms with van der Waals surface area (Å²) in [5.74, 6) is 0.198. The van der Waals surface area contributed by atoms with Gasteiger partial charge in [-0.25, -0.2) is 0 Å². The van der Waals surface area contributed by atoms with Crippen molar-refractivity contribution in [2.75, 3.05) is 13.6 Å². The summed E-state index contributed by atoms with van der Waals surface area (Å²) in [5.41, 5.74) is 5.19. The fourth-order valence-corrected chi connectivity index (χ4v) is 4.41. The lowest BCUT2D eigenvalue weighted by atomic mass is 9.95. The summed E-state index contributed by atoms with van der Waals surface area (Å²) in [7, 11) is 1.87. The highest BCUT2D eigenvalue weighted by atomic mass is 16.2. The number of hydrogen-bond acceptors (Lipinski definition) is 4. The summed E-state index contributed by atoms with van der Waals surface area (Å²) in [6.07, 6.45) is 2.60. The van der Waals surface area contributed by atoms with Crippen molar-refractivity contribution in [1.29, 1.82) is 5.26 Å². The second-order valence-electron chi connectivity index (χ2n) is 7.88. The maximum Gasteiger partial charge on any atom is 0.242 e. The Morgan fingerprint density at radius 3 is 2.78 bits per heavy atom. The summed E-state index contributed by atoms with van der Waals surface area (Å²) in [6.45, 7) is 4.82. The molecule has 2 aromatic rings. The molecule has 1 aromatic heterocycles. The number of likely N-dealkylation sites (N-methyl/N-ethyl adjacent to an activating group) is 1. The van der Waals surface area contributed by atoms with Gasteiger partial charge in [0.15, 0.2) is 0 Å². The van der Waals surface area contributed by atoms with Crippen molar-refractivity contribution in [3.63, 3.8) is 0 Å². The number of hydrogen-bond donors (Lipinski definition) is 1. The lowest BCUT2D eigenvalue weighted by Crippen LogP contribution is -2.47. The van der Waals surface area contributed by atoms with Crippen molar-refractivity contribution >= 4 is 5.91 Å². The highest BCUT2D eigenvalue weighted by Gasteiger charge is 2.50. The Balaban J connectivity index is 1.70. The summed E-state index contributed by atoms with van der Waals surface area (Å²) < 4.78 is 0. The Morgan fingerprint density at radius 2 is 2.07 bits per heavy atom. The lowest BCUT2D eigenvalue weighted by molar-refractivity contribution is -0.131. The largest absolute Gasteiger partial charge is 0.344 e. The van der Waals surface area contributed by atoms with Gasteiger partial charge >= 0.3 is 0 Å². The van der Waals surface area contributed by atoms with Crippen LogP contribution in [0.2, 0.25) is 0 Å².